The third kappa shape index (κ3) is 2.04. The van der Waals surface area contributed by atoms with Gasteiger partial charge in [0.2, 0.25) is 0 Å². The van der Waals surface area contributed by atoms with Crippen molar-refractivity contribution >= 4 is 16.9 Å². The van der Waals surface area contributed by atoms with Gasteiger partial charge in [-0.05, 0) is 18.2 Å². The maximum atomic E-state index is 10.9. The second kappa shape index (κ2) is 4.79. The number of hydrogen-bond donors (Lipinski definition) is 2. The number of nitrogens with zero attached hydrogens (tertiary/aromatic N) is 1. The van der Waals surface area contributed by atoms with Crippen LogP contribution in [0.2, 0.25) is 0 Å². The number of aliphatic hydroxyl groups excluding tert-OH is 1. The van der Waals surface area contributed by atoms with E-state index in [-0.39, 0.29) is 12.2 Å². The molecule has 2 aromatic heterocycles. The molecule has 0 radical (unpaired) electrons. The number of benzene rings is 1. The molecule has 0 saturated heterocycles. The molecule has 0 spiro atoms. The number of fused-ring (bicyclic) bond motifs is 1. The van der Waals surface area contributed by atoms with Crippen molar-refractivity contribution < 1.29 is 19.4 Å². The molecule has 0 unspecified atom stereocenters. The van der Waals surface area contributed by atoms with Crippen LogP contribution in [0.25, 0.3) is 22.2 Å². The third-order valence-corrected chi connectivity index (χ3v) is 3.07. The Bertz CT molecular complexity index is 774. The molecule has 20 heavy (non-hydrogen) atoms. The first-order valence-corrected chi connectivity index (χ1v) is 6.01. The number of aromatic nitrogens is 1. The van der Waals surface area contributed by atoms with Gasteiger partial charge in [0.25, 0.3) is 0 Å². The standard InChI is InChI=1S/C15H11NO4/c17-8-11-7-13-12(5-6-20-13)14(16-11)9-1-3-10(4-2-9)15(18)19/h1-7,17H,8H2,(H,18,19). The molecule has 0 fully saturated rings. The number of furan rings is 1. The number of pyridine rings is 1. The second-order valence-electron chi connectivity index (χ2n) is 4.34. The van der Waals surface area contributed by atoms with Crippen LogP contribution >= 0.6 is 0 Å². The number of hydrogen-bond acceptors (Lipinski definition) is 4. The lowest BCUT2D eigenvalue weighted by molar-refractivity contribution is 0.0697. The summed E-state index contributed by atoms with van der Waals surface area (Å²) < 4.78 is 5.34. The molecule has 2 N–H and O–H groups in total. The van der Waals surface area contributed by atoms with Crippen LogP contribution in [0, 0.1) is 0 Å². The normalized spacial score (nSPS) is 10.8. The van der Waals surface area contributed by atoms with Gasteiger partial charge < -0.3 is 14.6 Å². The fourth-order valence-corrected chi connectivity index (χ4v) is 2.09. The minimum atomic E-state index is -0.970. The van der Waals surface area contributed by atoms with E-state index in [1.165, 1.54) is 12.1 Å². The van der Waals surface area contributed by atoms with E-state index < -0.39 is 5.97 Å². The zero-order valence-corrected chi connectivity index (χ0v) is 10.4. The molecule has 3 aromatic rings. The van der Waals surface area contributed by atoms with Crippen molar-refractivity contribution in [2.45, 2.75) is 6.61 Å². The fourth-order valence-electron chi connectivity index (χ4n) is 2.09. The molecule has 5 nitrogen and oxygen atoms in total. The van der Waals surface area contributed by atoms with Gasteiger partial charge >= 0.3 is 5.97 Å². The Morgan fingerprint density at radius 2 is 1.95 bits per heavy atom. The van der Waals surface area contributed by atoms with E-state index in [0.29, 0.717) is 17.0 Å². The van der Waals surface area contributed by atoms with Crippen LogP contribution in [0.5, 0.6) is 0 Å². The van der Waals surface area contributed by atoms with Crippen molar-refractivity contribution in [1.29, 1.82) is 0 Å². The van der Waals surface area contributed by atoms with E-state index in [0.717, 1.165) is 10.9 Å². The molecule has 0 saturated carbocycles. The average Bonchev–Trinajstić information content (AvgIpc) is 2.94. The maximum Gasteiger partial charge on any atom is 0.335 e. The van der Waals surface area contributed by atoms with Crippen molar-refractivity contribution in [1.82, 2.24) is 4.98 Å². The number of carboxylic acid groups (broad SMARTS) is 1. The highest BCUT2D eigenvalue weighted by Gasteiger charge is 2.11. The largest absolute Gasteiger partial charge is 0.478 e. The molecule has 0 atom stereocenters. The highest BCUT2D eigenvalue weighted by Crippen LogP contribution is 2.28. The van der Waals surface area contributed by atoms with Gasteiger partial charge in [-0.15, -0.1) is 0 Å². The van der Waals surface area contributed by atoms with E-state index in [2.05, 4.69) is 4.98 Å². The summed E-state index contributed by atoms with van der Waals surface area (Å²) in [7, 11) is 0. The lowest BCUT2D eigenvalue weighted by Crippen LogP contribution is -1.96. The molecular weight excluding hydrogens is 258 g/mol. The molecule has 5 heteroatoms. The van der Waals surface area contributed by atoms with E-state index in [1.807, 2.05) is 0 Å². The van der Waals surface area contributed by atoms with Crippen LogP contribution in [0.1, 0.15) is 16.1 Å². The molecule has 0 bridgehead atoms. The Labute approximate surface area is 114 Å². The topological polar surface area (TPSA) is 83.6 Å². The van der Waals surface area contributed by atoms with Crippen molar-refractivity contribution in [2.75, 3.05) is 0 Å². The predicted octanol–water partition coefficient (Wildman–Crippen LogP) is 2.69. The lowest BCUT2D eigenvalue weighted by atomic mass is 10.1. The molecule has 0 aliphatic rings. The number of carbonyl (C=O) groups is 1. The highest BCUT2D eigenvalue weighted by molar-refractivity contribution is 5.93. The average molecular weight is 269 g/mol. The first-order chi connectivity index (χ1) is 9.69. The molecule has 2 heterocycles. The van der Waals surface area contributed by atoms with Crippen molar-refractivity contribution in [3.05, 3.63) is 53.9 Å². The van der Waals surface area contributed by atoms with E-state index >= 15 is 0 Å². The van der Waals surface area contributed by atoms with Crippen LogP contribution < -0.4 is 0 Å². The van der Waals surface area contributed by atoms with Gasteiger partial charge in [0.15, 0.2) is 0 Å². The first kappa shape index (κ1) is 12.4. The molecule has 100 valence electrons. The van der Waals surface area contributed by atoms with Gasteiger partial charge in [0.05, 0.1) is 29.8 Å². The Kier molecular flexibility index (Phi) is 2.96. The first-order valence-electron chi connectivity index (χ1n) is 6.01. The summed E-state index contributed by atoms with van der Waals surface area (Å²) in [5.41, 5.74) is 2.80. The number of rotatable bonds is 3. The lowest BCUT2D eigenvalue weighted by Gasteiger charge is -2.05. The molecule has 0 aliphatic carbocycles. The van der Waals surface area contributed by atoms with Crippen molar-refractivity contribution in [3.63, 3.8) is 0 Å². The van der Waals surface area contributed by atoms with Crippen LogP contribution in [0.15, 0.2) is 47.1 Å². The van der Waals surface area contributed by atoms with Gasteiger partial charge in [-0.2, -0.15) is 0 Å². The number of carboxylic acids is 1. The minimum absolute atomic E-state index is 0.184. The maximum absolute atomic E-state index is 10.9. The van der Waals surface area contributed by atoms with Crippen LogP contribution in [0.3, 0.4) is 0 Å². The summed E-state index contributed by atoms with van der Waals surface area (Å²) in [5, 5.41) is 19.0. The van der Waals surface area contributed by atoms with Gasteiger partial charge in [-0.1, -0.05) is 12.1 Å². The van der Waals surface area contributed by atoms with E-state index in [4.69, 9.17) is 9.52 Å². The van der Waals surface area contributed by atoms with Crippen LogP contribution in [-0.4, -0.2) is 21.2 Å². The highest BCUT2D eigenvalue weighted by atomic mass is 16.4. The van der Waals surface area contributed by atoms with E-state index in [1.54, 1.807) is 30.5 Å². The van der Waals surface area contributed by atoms with Gasteiger partial charge in [0, 0.05) is 17.0 Å². The summed E-state index contributed by atoms with van der Waals surface area (Å²) >= 11 is 0. The smallest absolute Gasteiger partial charge is 0.335 e. The summed E-state index contributed by atoms with van der Waals surface area (Å²) in [4.78, 5) is 15.2. The van der Waals surface area contributed by atoms with Crippen molar-refractivity contribution in [3.8, 4) is 11.3 Å². The zero-order valence-electron chi connectivity index (χ0n) is 10.4. The molecule has 0 aliphatic heterocycles. The molecule has 3 rings (SSSR count). The fraction of sp³-hybridized carbons (Fsp3) is 0.0667. The SMILES string of the molecule is O=C(O)c1ccc(-c2nc(CO)cc3occc23)cc1. The van der Waals surface area contributed by atoms with Gasteiger partial charge in [0.1, 0.15) is 5.58 Å². The summed E-state index contributed by atoms with van der Waals surface area (Å²) in [5.74, 6) is -0.970. The van der Waals surface area contributed by atoms with Gasteiger partial charge in [-0.25, -0.2) is 9.78 Å². The summed E-state index contributed by atoms with van der Waals surface area (Å²) in [6.07, 6.45) is 1.56. The van der Waals surface area contributed by atoms with Gasteiger partial charge in [-0.3, -0.25) is 0 Å². The summed E-state index contributed by atoms with van der Waals surface area (Å²) in [6.45, 7) is -0.184. The quantitative estimate of drug-likeness (QED) is 0.763. The van der Waals surface area contributed by atoms with Crippen LogP contribution in [-0.2, 0) is 6.61 Å². The second-order valence-corrected chi connectivity index (χ2v) is 4.34. The summed E-state index contributed by atoms with van der Waals surface area (Å²) in [6, 6.07) is 9.92. The Hall–Kier alpha value is -2.66. The molecular formula is C15H11NO4. The third-order valence-electron chi connectivity index (χ3n) is 3.07. The van der Waals surface area contributed by atoms with E-state index in [9.17, 15) is 9.90 Å². The Balaban J connectivity index is 2.17. The molecule has 1 aromatic carbocycles. The molecule has 0 amide bonds. The number of aliphatic hydroxyl groups is 1. The Morgan fingerprint density at radius 1 is 1.20 bits per heavy atom. The monoisotopic (exact) mass is 269 g/mol. The Morgan fingerprint density at radius 3 is 2.60 bits per heavy atom. The van der Waals surface area contributed by atoms with Crippen LogP contribution in [0.4, 0.5) is 0 Å². The zero-order chi connectivity index (χ0) is 14.1. The number of aromatic carboxylic acids is 1. The van der Waals surface area contributed by atoms with Crippen molar-refractivity contribution in [2.24, 2.45) is 0 Å². The minimum Gasteiger partial charge on any atom is -0.478 e. The predicted molar refractivity (Wildman–Crippen MR) is 72.3 cm³/mol.